The molecule has 0 aliphatic heterocycles. The van der Waals surface area contributed by atoms with Crippen LogP contribution in [-0.2, 0) is 11.4 Å². The molecule has 0 saturated carbocycles. The van der Waals surface area contributed by atoms with Crippen LogP contribution in [0.3, 0.4) is 0 Å². The number of para-hydroxylation sites is 1. The molecule has 0 aliphatic rings. The minimum absolute atomic E-state index is 0.0835. The van der Waals surface area contributed by atoms with Gasteiger partial charge in [-0.1, -0.05) is 30.3 Å². The van der Waals surface area contributed by atoms with Crippen molar-refractivity contribution in [3.63, 3.8) is 0 Å². The van der Waals surface area contributed by atoms with Crippen LogP contribution in [0.15, 0.2) is 53.1 Å². The first-order valence-corrected chi connectivity index (χ1v) is 8.77. The highest BCUT2D eigenvalue weighted by Crippen LogP contribution is 2.22. The first-order chi connectivity index (χ1) is 13.5. The van der Waals surface area contributed by atoms with Gasteiger partial charge in [-0.15, -0.1) is 0 Å². The number of amides is 2. The first-order valence-electron chi connectivity index (χ1n) is 8.77. The second-order valence-corrected chi connectivity index (χ2v) is 5.95. The van der Waals surface area contributed by atoms with Crippen LogP contribution < -0.4 is 15.4 Å². The first kappa shape index (κ1) is 19.1. The van der Waals surface area contributed by atoms with Gasteiger partial charge >= 0.3 is 0 Å². The Morgan fingerprint density at radius 1 is 1.07 bits per heavy atom. The third kappa shape index (κ3) is 4.94. The van der Waals surface area contributed by atoms with Crippen LogP contribution in [0.1, 0.15) is 35.4 Å². The minimum atomic E-state index is -0.334. The molecule has 1 aromatic heterocycles. The van der Waals surface area contributed by atoms with E-state index in [2.05, 4.69) is 20.8 Å². The number of anilines is 2. The summed E-state index contributed by atoms with van der Waals surface area (Å²) in [7, 11) is 0. The molecule has 2 aromatic carbocycles. The number of aryl methyl sites for hydroxylation is 1. The zero-order valence-corrected chi connectivity index (χ0v) is 15.6. The highest BCUT2D eigenvalue weighted by Gasteiger charge is 2.14. The smallest absolute Gasteiger partial charge is 0.259 e. The third-order valence-corrected chi connectivity index (χ3v) is 3.78. The molecule has 0 aliphatic carbocycles. The van der Waals surface area contributed by atoms with Gasteiger partial charge in [-0.05, 0) is 30.3 Å². The van der Waals surface area contributed by atoms with E-state index in [1.807, 2.05) is 0 Å². The number of nitrogens with one attached hydrogen (secondary N) is 2. The van der Waals surface area contributed by atoms with Crippen LogP contribution in [0, 0.1) is 6.92 Å². The van der Waals surface area contributed by atoms with Gasteiger partial charge in [0.2, 0.25) is 17.6 Å². The standard InChI is InChI=1S/C20H20N4O4/c1-3-19(25)22-14-7-6-8-15(11-14)23-20(26)16-9-4-5-10-17(16)27-12-18-21-13(2)28-24-18/h4-11H,3,12H2,1-2H3,(H,22,25)(H,23,26). The zero-order valence-electron chi connectivity index (χ0n) is 15.6. The molecule has 28 heavy (non-hydrogen) atoms. The van der Waals surface area contributed by atoms with Crippen LogP contribution in [0.2, 0.25) is 0 Å². The molecule has 144 valence electrons. The van der Waals surface area contributed by atoms with E-state index in [1.54, 1.807) is 62.4 Å². The maximum Gasteiger partial charge on any atom is 0.259 e. The van der Waals surface area contributed by atoms with Gasteiger partial charge < -0.3 is 19.9 Å². The third-order valence-electron chi connectivity index (χ3n) is 3.78. The van der Waals surface area contributed by atoms with Crippen LogP contribution in [0.4, 0.5) is 11.4 Å². The molecule has 8 nitrogen and oxygen atoms in total. The van der Waals surface area contributed by atoms with E-state index in [0.29, 0.717) is 40.8 Å². The molecule has 0 atom stereocenters. The van der Waals surface area contributed by atoms with Crippen molar-refractivity contribution >= 4 is 23.2 Å². The van der Waals surface area contributed by atoms with Gasteiger partial charge in [-0.25, -0.2) is 0 Å². The van der Waals surface area contributed by atoms with Crippen molar-refractivity contribution in [1.82, 2.24) is 10.1 Å². The Bertz CT molecular complexity index is 984. The molecule has 1 heterocycles. The topological polar surface area (TPSA) is 106 Å². The summed E-state index contributed by atoms with van der Waals surface area (Å²) in [5, 5.41) is 9.34. The normalized spacial score (nSPS) is 10.4. The number of ether oxygens (including phenoxy) is 1. The summed E-state index contributed by atoms with van der Waals surface area (Å²) >= 11 is 0. The molecule has 2 N–H and O–H groups in total. The van der Waals surface area contributed by atoms with Crippen molar-refractivity contribution in [2.24, 2.45) is 0 Å². The fourth-order valence-electron chi connectivity index (χ4n) is 2.44. The Labute approximate surface area is 161 Å². The van der Waals surface area contributed by atoms with Crippen molar-refractivity contribution in [2.45, 2.75) is 26.9 Å². The highest BCUT2D eigenvalue weighted by atomic mass is 16.5. The zero-order chi connectivity index (χ0) is 19.9. The molecule has 0 spiro atoms. The van der Waals surface area contributed by atoms with Crippen molar-refractivity contribution in [2.75, 3.05) is 10.6 Å². The lowest BCUT2D eigenvalue weighted by atomic mass is 10.1. The van der Waals surface area contributed by atoms with Crippen LogP contribution in [0.25, 0.3) is 0 Å². The van der Waals surface area contributed by atoms with E-state index in [0.717, 1.165) is 0 Å². The average molecular weight is 380 g/mol. The van der Waals surface area contributed by atoms with E-state index < -0.39 is 0 Å². The number of hydrogen-bond acceptors (Lipinski definition) is 6. The Morgan fingerprint density at radius 3 is 2.54 bits per heavy atom. The van der Waals surface area contributed by atoms with E-state index in [4.69, 9.17) is 9.26 Å². The summed E-state index contributed by atoms with van der Waals surface area (Å²) in [6, 6.07) is 13.8. The van der Waals surface area contributed by atoms with Gasteiger partial charge in [0.15, 0.2) is 6.61 Å². The van der Waals surface area contributed by atoms with Gasteiger partial charge in [0.1, 0.15) is 5.75 Å². The Kier molecular flexibility index (Phi) is 6.01. The van der Waals surface area contributed by atoms with Crippen LogP contribution >= 0.6 is 0 Å². The quantitative estimate of drug-likeness (QED) is 0.649. The lowest BCUT2D eigenvalue weighted by Crippen LogP contribution is -2.14. The number of carbonyl (C=O) groups is 2. The molecule has 0 radical (unpaired) electrons. The molecular formula is C20H20N4O4. The lowest BCUT2D eigenvalue weighted by molar-refractivity contribution is -0.115. The Hall–Kier alpha value is -3.68. The van der Waals surface area contributed by atoms with E-state index in [-0.39, 0.29) is 18.4 Å². The number of nitrogens with zero attached hydrogens (tertiary/aromatic N) is 2. The summed E-state index contributed by atoms with van der Waals surface area (Å²) < 4.78 is 10.6. The highest BCUT2D eigenvalue weighted by molar-refractivity contribution is 6.06. The average Bonchev–Trinajstić information content (AvgIpc) is 3.12. The Morgan fingerprint density at radius 2 is 1.82 bits per heavy atom. The molecule has 0 fully saturated rings. The van der Waals surface area contributed by atoms with Crippen molar-refractivity contribution in [1.29, 1.82) is 0 Å². The number of aromatic nitrogens is 2. The van der Waals surface area contributed by atoms with Crippen molar-refractivity contribution < 1.29 is 18.8 Å². The van der Waals surface area contributed by atoms with Crippen molar-refractivity contribution in [3.8, 4) is 5.75 Å². The second-order valence-electron chi connectivity index (χ2n) is 5.95. The Balaban J connectivity index is 1.70. The summed E-state index contributed by atoms with van der Waals surface area (Å²) in [6.45, 7) is 3.54. The predicted molar refractivity (Wildman–Crippen MR) is 103 cm³/mol. The fourth-order valence-corrected chi connectivity index (χ4v) is 2.44. The number of hydrogen-bond donors (Lipinski definition) is 2. The van der Waals surface area contributed by atoms with E-state index >= 15 is 0 Å². The maximum atomic E-state index is 12.7. The number of rotatable bonds is 7. The van der Waals surface area contributed by atoms with E-state index in [1.165, 1.54) is 0 Å². The molecule has 0 bridgehead atoms. The summed E-state index contributed by atoms with van der Waals surface area (Å²) in [5.74, 6) is 0.808. The van der Waals surface area contributed by atoms with Gasteiger partial charge in [0.25, 0.3) is 5.91 Å². The number of carbonyl (C=O) groups excluding carboxylic acids is 2. The largest absolute Gasteiger partial charge is 0.485 e. The van der Waals surface area contributed by atoms with E-state index in [9.17, 15) is 9.59 Å². The van der Waals surface area contributed by atoms with Crippen molar-refractivity contribution in [3.05, 3.63) is 65.8 Å². The molecular weight excluding hydrogens is 360 g/mol. The molecule has 0 unspecified atom stereocenters. The van der Waals surface area contributed by atoms with Gasteiger partial charge in [-0.3, -0.25) is 9.59 Å². The SMILES string of the molecule is CCC(=O)Nc1cccc(NC(=O)c2ccccc2OCc2noc(C)n2)c1. The molecule has 8 heteroatoms. The monoisotopic (exact) mass is 380 g/mol. The van der Waals surface area contributed by atoms with Crippen LogP contribution in [0.5, 0.6) is 5.75 Å². The summed E-state index contributed by atoms with van der Waals surface area (Å²) in [5.41, 5.74) is 1.54. The number of benzene rings is 2. The fraction of sp³-hybridized carbons (Fsp3) is 0.200. The predicted octanol–water partition coefficient (Wildman–Crippen LogP) is 3.56. The second kappa shape index (κ2) is 8.81. The molecule has 2 amide bonds. The lowest BCUT2D eigenvalue weighted by Gasteiger charge is -2.11. The van der Waals surface area contributed by atoms with Gasteiger partial charge in [0.05, 0.1) is 5.56 Å². The molecule has 0 saturated heterocycles. The summed E-state index contributed by atoms with van der Waals surface area (Å²) in [6.07, 6.45) is 0.376. The summed E-state index contributed by atoms with van der Waals surface area (Å²) in [4.78, 5) is 28.3. The van der Waals surface area contributed by atoms with Gasteiger partial charge in [-0.2, -0.15) is 4.98 Å². The van der Waals surface area contributed by atoms with Crippen LogP contribution in [-0.4, -0.2) is 22.0 Å². The van der Waals surface area contributed by atoms with Gasteiger partial charge in [0, 0.05) is 24.7 Å². The minimum Gasteiger partial charge on any atom is -0.485 e. The molecule has 3 aromatic rings. The molecule has 3 rings (SSSR count). The maximum absolute atomic E-state index is 12.7.